The molecule has 4 aromatic rings. The van der Waals surface area contributed by atoms with E-state index in [0.29, 0.717) is 5.82 Å². The standard InChI is InChI=1S/C26H17N3/c1-3-10-18(11-4-1)24-23-22-20-14-8-7-9-17(20)15-16-21(22)27-26(23)29-25(28-24)19-12-5-2-6-13-19/h1-13,15-16H,14H2. The third kappa shape index (κ3) is 2.55. The van der Waals surface area contributed by atoms with Crippen molar-refractivity contribution in [1.82, 2.24) is 9.97 Å². The van der Waals surface area contributed by atoms with Crippen LogP contribution in [0.3, 0.4) is 0 Å². The van der Waals surface area contributed by atoms with Gasteiger partial charge in [-0.15, -0.1) is 0 Å². The van der Waals surface area contributed by atoms with E-state index in [1.807, 2.05) is 36.4 Å². The van der Waals surface area contributed by atoms with Crippen LogP contribution in [0.5, 0.6) is 0 Å². The van der Waals surface area contributed by atoms with Gasteiger partial charge in [0.15, 0.2) is 11.6 Å². The molecule has 0 spiro atoms. The number of rotatable bonds is 2. The minimum absolute atomic E-state index is 0.708. The van der Waals surface area contributed by atoms with Crippen LogP contribution in [-0.4, -0.2) is 9.97 Å². The second-order valence-corrected chi connectivity index (χ2v) is 7.26. The smallest absolute Gasteiger partial charge is 0.165 e. The average molecular weight is 371 g/mol. The van der Waals surface area contributed by atoms with Crippen LogP contribution < -0.4 is 10.6 Å². The van der Waals surface area contributed by atoms with Crippen molar-refractivity contribution in [3.05, 3.63) is 101 Å². The minimum atomic E-state index is 0.708. The molecule has 0 fully saturated rings. The van der Waals surface area contributed by atoms with Gasteiger partial charge in [0.05, 0.1) is 16.6 Å². The fraction of sp³-hybridized carbons (Fsp3) is 0.0385. The molecule has 0 radical (unpaired) electrons. The fourth-order valence-electron chi connectivity index (χ4n) is 4.15. The predicted molar refractivity (Wildman–Crippen MR) is 116 cm³/mol. The van der Waals surface area contributed by atoms with E-state index in [1.165, 1.54) is 16.3 Å². The molecule has 3 heteroatoms. The summed E-state index contributed by atoms with van der Waals surface area (Å²) in [4.78, 5) is 14.8. The molecule has 136 valence electrons. The van der Waals surface area contributed by atoms with E-state index >= 15 is 0 Å². The maximum Gasteiger partial charge on any atom is 0.165 e. The Kier molecular flexibility index (Phi) is 3.53. The molecule has 0 saturated heterocycles. The molecule has 2 heterocycles. The number of aromatic nitrogens is 2. The topological polar surface area (TPSA) is 38.1 Å². The van der Waals surface area contributed by atoms with Gasteiger partial charge < -0.3 is 0 Å². The highest BCUT2D eigenvalue weighted by atomic mass is 15.0. The van der Waals surface area contributed by atoms with E-state index in [-0.39, 0.29) is 0 Å². The lowest BCUT2D eigenvalue weighted by Gasteiger charge is -2.14. The van der Waals surface area contributed by atoms with Crippen LogP contribution in [0.4, 0.5) is 5.82 Å². The third-order valence-electron chi connectivity index (χ3n) is 5.51. The maximum atomic E-state index is 5.03. The van der Waals surface area contributed by atoms with Crippen molar-refractivity contribution in [3.8, 4) is 33.8 Å². The number of fused-ring (bicyclic) bond motifs is 5. The largest absolute Gasteiger partial charge is 0.228 e. The first-order valence-electron chi connectivity index (χ1n) is 9.79. The Hall–Kier alpha value is -3.85. The Balaban J connectivity index is 1.69. The van der Waals surface area contributed by atoms with Crippen molar-refractivity contribution in [3.63, 3.8) is 0 Å². The molecule has 3 nitrogen and oxygen atoms in total. The Labute approximate surface area is 168 Å². The molecule has 0 saturated carbocycles. The van der Waals surface area contributed by atoms with E-state index in [1.54, 1.807) is 0 Å². The zero-order chi connectivity index (χ0) is 19.2. The molecule has 2 aliphatic rings. The SMILES string of the molecule is C1=CCc2c3c(ccc2=C1)=Nc1nc(-c2ccccc2)nc(-c2ccccc2)c1-3. The molecule has 0 unspecified atom stereocenters. The Bertz CT molecular complexity index is 1400. The number of allylic oxidation sites excluding steroid dienone is 2. The highest BCUT2D eigenvalue weighted by Gasteiger charge is 2.26. The second kappa shape index (κ2) is 6.35. The lowest BCUT2D eigenvalue weighted by atomic mass is 9.92. The van der Waals surface area contributed by atoms with E-state index in [9.17, 15) is 0 Å². The second-order valence-electron chi connectivity index (χ2n) is 7.26. The molecule has 1 aliphatic carbocycles. The van der Waals surface area contributed by atoms with Crippen LogP contribution >= 0.6 is 0 Å². The molecule has 1 aromatic heterocycles. The van der Waals surface area contributed by atoms with Gasteiger partial charge >= 0.3 is 0 Å². The van der Waals surface area contributed by atoms with Crippen molar-refractivity contribution in [2.75, 3.05) is 0 Å². The highest BCUT2D eigenvalue weighted by Crippen LogP contribution is 2.41. The number of hydrogen-bond acceptors (Lipinski definition) is 3. The van der Waals surface area contributed by atoms with Gasteiger partial charge in [0.1, 0.15) is 0 Å². The average Bonchev–Trinajstić information content (AvgIpc) is 3.19. The van der Waals surface area contributed by atoms with Crippen molar-refractivity contribution < 1.29 is 0 Å². The Morgan fingerprint density at radius 1 is 0.690 bits per heavy atom. The zero-order valence-corrected chi connectivity index (χ0v) is 15.7. The molecule has 0 amide bonds. The highest BCUT2D eigenvalue weighted by molar-refractivity contribution is 5.92. The first-order chi connectivity index (χ1) is 14.4. The van der Waals surface area contributed by atoms with Gasteiger partial charge in [0, 0.05) is 16.7 Å². The summed E-state index contributed by atoms with van der Waals surface area (Å²) in [6, 6.07) is 24.7. The van der Waals surface area contributed by atoms with E-state index < -0.39 is 0 Å². The Morgan fingerprint density at radius 2 is 1.45 bits per heavy atom. The summed E-state index contributed by atoms with van der Waals surface area (Å²) in [6.07, 6.45) is 7.38. The zero-order valence-electron chi connectivity index (χ0n) is 15.7. The van der Waals surface area contributed by atoms with Crippen LogP contribution in [0.1, 0.15) is 5.56 Å². The summed E-state index contributed by atoms with van der Waals surface area (Å²) >= 11 is 0. The molecular weight excluding hydrogens is 354 g/mol. The molecule has 0 bridgehead atoms. The van der Waals surface area contributed by atoms with Crippen molar-refractivity contribution in [2.24, 2.45) is 4.99 Å². The summed E-state index contributed by atoms with van der Waals surface area (Å²) in [6.45, 7) is 0. The number of benzene rings is 3. The number of nitrogens with zero attached hydrogens (tertiary/aromatic N) is 3. The van der Waals surface area contributed by atoms with E-state index in [0.717, 1.165) is 40.0 Å². The van der Waals surface area contributed by atoms with E-state index in [2.05, 4.69) is 54.6 Å². The number of hydrogen-bond donors (Lipinski definition) is 0. The molecule has 3 aromatic carbocycles. The van der Waals surface area contributed by atoms with Crippen molar-refractivity contribution >= 4 is 11.9 Å². The summed E-state index contributed by atoms with van der Waals surface area (Å²) in [5, 5.41) is 2.24. The third-order valence-corrected chi connectivity index (χ3v) is 5.51. The van der Waals surface area contributed by atoms with Crippen molar-refractivity contribution in [2.45, 2.75) is 6.42 Å². The fourth-order valence-corrected chi connectivity index (χ4v) is 4.15. The Morgan fingerprint density at radius 3 is 2.24 bits per heavy atom. The predicted octanol–water partition coefficient (Wildman–Crippen LogP) is 4.64. The maximum absolute atomic E-state index is 5.03. The summed E-state index contributed by atoms with van der Waals surface area (Å²) < 4.78 is 0. The van der Waals surface area contributed by atoms with Gasteiger partial charge in [0.2, 0.25) is 0 Å². The van der Waals surface area contributed by atoms with Gasteiger partial charge in [0.25, 0.3) is 0 Å². The van der Waals surface area contributed by atoms with Crippen LogP contribution in [0.2, 0.25) is 0 Å². The minimum Gasteiger partial charge on any atom is -0.228 e. The molecule has 0 N–H and O–H groups in total. The normalized spacial score (nSPS) is 13.1. The van der Waals surface area contributed by atoms with Crippen LogP contribution in [0, 0.1) is 0 Å². The lowest BCUT2D eigenvalue weighted by molar-refractivity contribution is 1.17. The van der Waals surface area contributed by atoms with Crippen LogP contribution in [-0.2, 0) is 6.42 Å². The van der Waals surface area contributed by atoms with Gasteiger partial charge in [-0.05, 0) is 23.3 Å². The molecule has 29 heavy (non-hydrogen) atoms. The van der Waals surface area contributed by atoms with Gasteiger partial charge in [-0.1, -0.05) is 85.0 Å². The lowest BCUT2D eigenvalue weighted by Crippen LogP contribution is -2.18. The van der Waals surface area contributed by atoms with Crippen LogP contribution in [0.25, 0.3) is 39.8 Å². The quantitative estimate of drug-likeness (QED) is 0.454. The molecule has 0 atom stereocenters. The first kappa shape index (κ1) is 16.1. The molecule has 1 aliphatic heterocycles. The summed E-state index contributed by atoms with van der Waals surface area (Å²) in [5.74, 6) is 1.47. The van der Waals surface area contributed by atoms with Gasteiger partial charge in [-0.2, -0.15) is 0 Å². The molecule has 6 rings (SSSR count). The summed E-state index contributed by atoms with van der Waals surface area (Å²) in [5.41, 5.74) is 6.56. The van der Waals surface area contributed by atoms with Crippen LogP contribution in [0.15, 0.2) is 89.9 Å². The van der Waals surface area contributed by atoms with Gasteiger partial charge in [-0.3, -0.25) is 0 Å². The monoisotopic (exact) mass is 371 g/mol. The first-order valence-corrected chi connectivity index (χ1v) is 9.79. The van der Waals surface area contributed by atoms with Crippen molar-refractivity contribution in [1.29, 1.82) is 0 Å². The summed E-state index contributed by atoms with van der Waals surface area (Å²) in [7, 11) is 0. The van der Waals surface area contributed by atoms with E-state index in [4.69, 9.17) is 15.0 Å². The van der Waals surface area contributed by atoms with Gasteiger partial charge in [-0.25, -0.2) is 15.0 Å². The molecular formula is C26H17N3.